The van der Waals surface area contributed by atoms with E-state index in [1.807, 2.05) is 31.2 Å². The molecule has 7 nitrogen and oxygen atoms in total. The number of ether oxygens (including phenoxy) is 1. The molecule has 0 saturated carbocycles. The molecule has 0 radical (unpaired) electrons. The van der Waals surface area contributed by atoms with Crippen molar-refractivity contribution < 1.29 is 9.13 Å². The molecular formula is C22H21FN4O3. The number of nitrogens with zero attached hydrogens (tertiary/aromatic N) is 4. The predicted molar refractivity (Wildman–Crippen MR) is 112 cm³/mol. The van der Waals surface area contributed by atoms with Crippen molar-refractivity contribution in [2.45, 2.75) is 20.0 Å². The third-order valence-electron chi connectivity index (χ3n) is 4.92. The number of halogens is 1. The van der Waals surface area contributed by atoms with Gasteiger partial charge in [0, 0.05) is 13.7 Å². The molecule has 0 atom stereocenters. The number of aryl methyl sites for hydroxylation is 1. The molecule has 0 aliphatic rings. The summed E-state index contributed by atoms with van der Waals surface area (Å²) in [7, 11) is 1.50. The first kappa shape index (κ1) is 19.8. The SMILES string of the molecule is COCCn1c(=O)c2c(ncn2Cc2cccc(C)c2)n(-c2cccc(F)c2)c1=O. The third kappa shape index (κ3) is 3.57. The summed E-state index contributed by atoms with van der Waals surface area (Å²) in [6.45, 7) is 2.68. The Morgan fingerprint density at radius 1 is 1.10 bits per heavy atom. The first-order chi connectivity index (χ1) is 14.5. The van der Waals surface area contributed by atoms with Gasteiger partial charge in [-0.1, -0.05) is 35.9 Å². The Labute approximate surface area is 171 Å². The van der Waals surface area contributed by atoms with E-state index < -0.39 is 17.1 Å². The number of fused-ring (bicyclic) bond motifs is 1. The number of hydrogen-bond acceptors (Lipinski definition) is 4. The van der Waals surface area contributed by atoms with Gasteiger partial charge in [-0.05, 0) is 30.7 Å². The second kappa shape index (κ2) is 8.08. The Bertz CT molecular complexity index is 1340. The van der Waals surface area contributed by atoms with Crippen LogP contribution < -0.4 is 11.2 Å². The molecule has 0 amide bonds. The number of imidazole rings is 1. The molecule has 0 aliphatic carbocycles. The molecule has 0 spiro atoms. The fraction of sp³-hybridized carbons (Fsp3) is 0.227. The Kier molecular flexibility index (Phi) is 5.33. The topological polar surface area (TPSA) is 71.1 Å². The molecule has 0 N–H and O–H groups in total. The third-order valence-corrected chi connectivity index (χ3v) is 4.92. The summed E-state index contributed by atoms with van der Waals surface area (Å²) in [5.41, 5.74) is 1.83. The molecule has 2 heterocycles. The zero-order chi connectivity index (χ0) is 21.3. The van der Waals surface area contributed by atoms with E-state index in [1.54, 1.807) is 10.6 Å². The molecule has 2 aromatic carbocycles. The van der Waals surface area contributed by atoms with Gasteiger partial charge < -0.3 is 9.30 Å². The molecule has 0 fully saturated rings. The lowest BCUT2D eigenvalue weighted by Gasteiger charge is -2.13. The molecular weight excluding hydrogens is 387 g/mol. The zero-order valence-electron chi connectivity index (χ0n) is 16.7. The highest BCUT2D eigenvalue weighted by molar-refractivity contribution is 5.72. The highest BCUT2D eigenvalue weighted by Gasteiger charge is 2.19. The minimum Gasteiger partial charge on any atom is -0.383 e. The van der Waals surface area contributed by atoms with Crippen molar-refractivity contribution in [2.75, 3.05) is 13.7 Å². The first-order valence-electron chi connectivity index (χ1n) is 9.50. The summed E-state index contributed by atoms with van der Waals surface area (Å²) in [5.74, 6) is -0.485. The van der Waals surface area contributed by atoms with Crippen molar-refractivity contribution in [1.82, 2.24) is 18.7 Å². The summed E-state index contributed by atoms with van der Waals surface area (Å²) >= 11 is 0. The van der Waals surface area contributed by atoms with E-state index in [1.165, 1.54) is 36.2 Å². The fourth-order valence-electron chi connectivity index (χ4n) is 3.53. The fourth-order valence-corrected chi connectivity index (χ4v) is 3.53. The van der Waals surface area contributed by atoms with Gasteiger partial charge in [-0.15, -0.1) is 0 Å². The van der Waals surface area contributed by atoms with Gasteiger partial charge in [0.15, 0.2) is 11.2 Å². The molecule has 154 valence electrons. The second-order valence-corrected chi connectivity index (χ2v) is 7.08. The summed E-state index contributed by atoms with van der Waals surface area (Å²) in [5, 5.41) is 0. The van der Waals surface area contributed by atoms with Crippen LogP contribution in [0.1, 0.15) is 11.1 Å². The first-order valence-corrected chi connectivity index (χ1v) is 9.50. The molecule has 30 heavy (non-hydrogen) atoms. The van der Waals surface area contributed by atoms with Crippen LogP contribution >= 0.6 is 0 Å². The van der Waals surface area contributed by atoms with Gasteiger partial charge in [-0.3, -0.25) is 9.36 Å². The number of rotatable bonds is 6. The van der Waals surface area contributed by atoms with Crippen molar-refractivity contribution in [2.24, 2.45) is 0 Å². The zero-order valence-corrected chi connectivity index (χ0v) is 16.7. The van der Waals surface area contributed by atoms with E-state index in [2.05, 4.69) is 4.98 Å². The molecule has 4 aromatic rings. The van der Waals surface area contributed by atoms with Crippen molar-refractivity contribution in [3.05, 3.63) is 92.6 Å². The maximum absolute atomic E-state index is 13.9. The molecule has 8 heteroatoms. The second-order valence-electron chi connectivity index (χ2n) is 7.08. The van der Waals surface area contributed by atoms with Crippen molar-refractivity contribution in [1.29, 1.82) is 0 Å². The van der Waals surface area contributed by atoms with Gasteiger partial charge >= 0.3 is 5.69 Å². The van der Waals surface area contributed by atoms with Crippen molar-refractivity contribution in [3.8, 4) is 5.69 Å². The van der Waals surface area contributed by atoms with Crippen LogP contribution in [0.4, 0.5) is 4.39 Å². The Balaban J connectivity index is 1.98. The lowest BCUT2D eigenvalue weighted by molar-refractivity contribution is 0.184. The Morgan fingerprint density at radius 2 is 1.90 bits per heavy atom. The van der Waals surface area contributed by atoms with E-state index in [4.69, 9.17) is 4.74 Å². The molecule has 0 saturated heterocycles. The highest BCUT2D eigenvalue weighted by Crippen LogP contribution is 2.16. The maximum atomic E-state index is 13.9. The van der Waals surface area contributed by atoms with Gasteiger partial charge in [0.25, 0.3) is 5.56 Å². The monoisotopic (exact) mass is 408 g/mol. The van der Waals surface area contributed by atoms with Crippen LogP contribution in [0.15, 0.2) is 64.4 Å². The van der Waals surface area contributed by atoms with E-state index in [-0.39, 0.29) is 24.3 Å². The maximum Gasteiger partial charge on any atom is 0.337 e. The molecule has 0 unspecified atom stereocenters. The minimum absolute atomic E-state index is 0.0784. The van der Waals surface area contributed by atoms with E-state index in [0.717, 1.165) is 15.7 Å². The average molecular weight is 408 g/mol. The van der Waals surface area contributed by atoms with Crippen LogP contribution in [0.25, 0.3) is 16.9 Å². The number of benzene rings is 2. The Morgan fingerprint density at radius 3 is 2.63 bits per heavy atom. The lowest BCUT2D eigenvalue weighted by atomic mass is 10.1. The minimum atomic E-state index is -0.587. The molecule has 4 rings (SSSR count). The van der Waals surface area contributed by atoms with Crippen LogP contribution in [0.2, 0.25) is 0 Å². The lowest BCUT2D eigenvalue weighted by Crippen LogP contribution is -2.41. The van der Waals surface area contributed by atoms with Crippen LogP contribution in [0, 0.1) is 12.7 Å². The normalized spacial score (nSPS) is 11.3. The number of methoxy groups -OCH3 is 1. The number of hydrogen-bond donors (Lipinski definition) is 0. The summed E-state index contributed by atoms with van der Waals surface area (Å²) in [6, 6.07) is 13.6. The largest absolute Gasteiger partial charge is 0.383 e. The molecule has 0 aliphatic heterocycles. The average Bonchev–Trinajstić information content (AvgIpc) is 3.11. The quantitative estimate of drug-likeness (QED) is 0.492. The molecule has 0 bridgehead atoms. The predicted octanol–water partition coefficient (Wildman–Crippen LogP) is 2.49. The van der Waals surface area contributed by atoms with E-state index >= 15 is 0 Å². The van der Waals surface area contributed by atoms with Gasteiger partial charge in [0.1, 0.15) is 5.82 Å². The van der Waals surface area contributed by atoms with Crippen LogP contribution in [-0.4, -0.2) is 32.4 Å². The van der Waals surface area contributed by atoms with Crippen molar-refractivity contribution >= 4 is 11.2 Å². The summed E-state index contributed by atoms with van der Waals surface area (Å²) in [4.78, 5) is 30.7. The van der Waals surface area contributed by atoms with Gasteiger partial charge in [0.2, 0.25) is 0 Å². The highest BCUT2D eigenvalue weighted by atomic mass is 19.1. The van der Waals surface area contributed by atoms with Gasteiger partial charge in [-0.2, -0.15) is 0 Å². The van der Waals surface area contributed by atoms with E-state index in [9.17, 15) is 14.0 Å². The summed E-state index contributed by atoms with van der Waals surface area (Å²) < 4.78 is 23.0. The standard InChI is InChI=1S/C22H21FN4O3/c1-15-5-3-6-16(11-15)13-25-14-24-20-19(25)21(28)26(9-10-30-2)22(29)27(20)18-8-4-7-17(23)12-18/h3-8,11-12,14H,9-10,13H2,1-2H3. The van der Waals surface area contributed by atoms with Crippen LogP contribution in [-0.2, 0) is 17.8 Å². The smallest absolute Gasteiger partial charge is 0.337 e. The van der Waals surface area contributed by atoms with E-state index in [0.29, 0.717) is 12.2 Å². The van der Waals surface area contributed by atoms with Crippen LogP contribution in [0.5, 0.6) is 0 Å². The summed E-state index contributed by atoms with van der Waals surface area (Å²) in [6.07, 6.45) is 1.53. The van der Waals surface area contributed by atoms with Crippen molar-refractivity contribution in [3.63, 3.8) is 0 Å². The molecule has 2 aromatic heterocycles. The Hall–Kier alpha value is -3.52. The van der Waals surface area contributed by atoms with Gasteiger partial charge in [-0.25, -0.2) is 18.7 Å². The van der Waals surface area contributed by atoms with Gasteiger partial charge in [0.05, 0.1) is 25.2 Å². The number of aromatic nitrogens is 4. The van der Waals surface area contributed by atoms with Crippen LogP contribution in [0.3, 0.4) is 0 Å².